The third-order valence-electron chi connectivity index (χ3n) is 3.11. The van der Waals surface area contributed by atoms with Crippen molar-refractivity contribution in [2.45, 2.75) is 33.8 Å². The summed E-state index contributed by atoms with van der Waals surface area (Å²) in [7, 11) is 0. The molecule has 0 unspecified atom stereocenters. The monoisotopic (exact) mass is 349 g/mol. The van der Waals surface area contributed by atoms with Gasteiger partial charge in [0.05, 0.1) is 11.7 Å². The van der Waals surface area contributed by atoms with E-state index >= 15 is 0 Å². The van der Waals surface area contributed by atoms with Gasteiger partial charge in [-0.3, -0.25) is 4.79 Å². The molecule has 0 aliphatic rings. The molecule has 0 aliphatic carbocycles. The molecule has 0 aliphatic heterocycles. The highest BCUT2D eigenvalue weighted by Gasteiger charge is 2.22. The minimum Gasteiger partial charge on any atom is -0.459 e. The van der Waals surface area contributed by atoms with E-state index in [1.54, 1.807) is 31.3 Å². The van der Waals surface area contributed by atoms with Crippen molar-refractivity contribution < 1.29 is 14.3 Å². The lowest BCUT2D eigenvalue weighted by Gasteiger charge is -2.09. The van der Waals surface area contributed by atoms with Gasteiger partial charge in [-0.15, -0.1) is 22.7 Å². The van der Waals surface area contributed by atoms with E-state index in [1.807, 2.05) is 31.4 Å². The Labute approximate surface area is 143 Å². The molecule has 0 spiro atoms. The van der Waals surface area contributed by atoms with Crippen LogP contribution in [0.15, 0.2) is 23.6 Å². The fourth-order valence-electron chi connectivity index (χ4n) is 1.93. The van der Waals surface area contributed by atoms with Crippen LogP contribution in [0.5, 0.6) is 0 Å². The van der Waals surface area contributed by atoms with Crippen LogP contribution in [0.4, 0.5) is 5.00 Å². The van der Waals surface area contributed by atoms with Crippen molar-refractivity contribution in [3.8, 4) is 0 Å². The van der Waals surface area contributed by atoms with Gasteiger partial charge in [-0.05, 0) is 50.8 Å². The summed E-state index contributed by atoms with van der Waals surface area (Å²) < 4.78 is 5.27. The standard InChI is InChI=1S/C17H19NO3S2/c1-10(2)21-17(20)15-11(3)12(4)23-16(15)18-14(19)8-7-13-6-5-9-22-13/h5-10H,1-4H3,(H,18,19)/b8-7-. The average Bonchev–Trinajstić information content (AvgIpc) is 3.05. The second-order valence-electron chi connectivity index (χ2n) is 5.28. The van der Waals surface area contributed by atoms with Crippen LogP contribution in [-0.2, 0) is 9.53 Å². The number of thiophene rings is 2. The Kier molecular flexibility index (Phi) is 5.74. The van der Waals surface area contributed by atoms with Crippen molar-refractivity contribution >= 4 is 45.6 Å². The molecule has 23 heavy (non-hydrogen) atoms. The van der Waals surface area contributed by atoms with Gasteiger partial charge in [-0.1, -0.05) is 6.07 Å². The molecule has 2 rings (SSSR count). The Morgan fingerprint density at radius 2 is 2.04 bits per heavy atom. The zero-order valence-electron chi connectivity index (χ0n) is 13.5. The van der Waals surface area contributed by atoms with Crippen molar-refractivity contribution in [3.63, 3.8) is 0 Å². The maximum atomic E-state index is 12.3. The van der Waals surface area contributed by atoms with Gasteiger partial charge in [0.15, 0.2) is 0 Å². The molecular weight excluding hydrogens is 330 g/mol. The normalized spacial score (nSPS) is 11.2. The van der Waals surface area contributed by atoms with Crippen LogP contribution in [0, 0.1) is 13.8 Å². The van der Waals surface area contributed by atoms with Gasteiger partial charge >= 0.3 is 5.97 Å². The number of hydrogen-bond donors (Lipinski definition) is 1. The highest BCUT2D eigenvalue weighted by atomic mass is 32.1. The number of anilines is 1. The van der Waals surface area contributed by atoms with Crippen molar-refractivity contribution in [1.82, 2.24) is 0 Å². The van der Waals surface area contributed by atoms with Crippen molar-refractivity contribution in [3.05, 3.63) is 44.5 Å². The highest BCUT2D eigenvalue weighted by Crippen LogP contribution is 2.33. The number of esters is 1. The summed E-state index contributed by atoms with van der Waals surface area (Å²) in [5.74, 6) is -0.669. The first-order valence-electron chi connectivity index (χ1n) is 7.22. The van der Waals surface area contributed by atoms with E-state index in [2.05, 4.69) is 5.32 Å². The minimum absolute atomic E-state index is 0.204. The number of nitrogens with one attached hydrogen (secondary N) is 1. The van der Waals surface area contributed by atoms with Crippen LogP contribution in [0.3, 0.4) is 0 Å². The summed E-state index contributed by atoms with van der Waals surface area (Å²) in [6.45, 7) is 7.38. The number of carbonyl (C=O) groups excluding carboxylic acids is 2. The Hall–Kier alpha value is -1.92. The molecule has 0 atom stereocenters. The lowest BCUT2D eigenvalue weighted by molar-refractivity contribution is -0.111. The molecule has 4 nitrogen and oxygen atoms in total. The topological polar surface area (TPSA) is 55.4 Å². The second-order valence-corrected chi connectivity index (χ2v) is 7.48. The molecule has 6 heteroatoms. The lowest BCUT2D eigenvalue weighted by Crippen LogP contribution is -2.15. The third kappa shape index (κ3) is 4.53. The first-order valence-corrected chi connectivity index (χ1v) is 8.91. The number of ether oxygens (including phenoxy) is 1. The van der Waals surface area contributed by atoms with Crippen LogP contribution in [-0.4, -0.2) is 18.0 Å². The van der Waals surface area contributed by atoms with Crippen molar-refractivity contribution in [1.29, 1.82) is 0 Å². The highest BCUT2D eigenvalue weighted by molar-refractivity contribution is 7.16. The predicted molar refractivity (Wildman–Crippen MR) is 96.3 cm³/mol. The molecule has 122 valence electrons. The summed E-state index contributed by atoms with van der Waals surface area (Å²) >= 11 is 2.94. The number of carbonyl (C=O) groups is 2. The number of amides is 1. The maximum Gasteiger partial charge on any atom is 0.341 e. The third-order valence-corrected chi connectivity index (χ3v) is 5.07. The van der Waals surface area contributed by atoms with Gasteiger partial charge in [0.1, 0.15) is 5.00 Å². The maximum absolute atomic E-state index is 12.3. The summed E-state index contributed by atoms with van der Waals surface area (Å²) in [5, 5.41) is 5.27. The first-order chi connectivity index (χ1) is 10.9. The fourth-order valence-corrected chi connectivity index (χ4v) is 3.60. The molecule has 0 radical (unpaired) electrons. The summed E-state index contributed by atoms with van der Waals surface area (Å²) in [5.41, 5.74) is 1.29. The molecule has 0 saturated heterocycles. The Bertz CT molecular complexity index is 727. The van der Waals surface area contributed by atoms with E-state index in [0.717, 1.165) is 15.3 Å². The van der Waals surface area contributed by atoms with Gasteiger partial charge < -0.3 is 10.1 Å². The minimum atomic E-state index is -0.403. The van der Waals surface area contributed by atoms with Crippen LogP contribution in [0.25, 0.3) is 6.08 Å². The van der Waals surface area contributed by atoms with E-state index in [1.165, 1.54) is 17.4 Å². The van der Waals surface area contributed by atoms with Crippen LogP contribution < -0.4 is 5.32 Å². The van der Waals surface area contributed by atoms with Gasteiger partial charge in [-0.2, -0.15) is 0 Å². The number of hydrogen-bond acceptors (Lipinski definition) is 5. The smallest absolute Gasteiger partial charge is 0.341 e. The Morgan fingerprint density at radius 1 is 1.30 bits per heavy atom. The largest absolute Gasteiger partial charge is 0.459 e. The first kappa shape index (κ1) is 17.4. The predicted octanol–water partition coefficient (Wildman–Crippen LogP) is 4.64. The summed E-state index contributed by atoms with van der Waals surface area (Å²) in [6.07, 6.45) is 3.01. The summed E-state index contributed by atoms with van der Waals surface area (Å²) in [4.78, 5) is 26.3. The fraction of sp³-hybridized carbons (Fsp3) is 0.294. The number of aryl methyl sites for hydroxylation is 1. The van der Waals surface area contributed by atoms with Crippen LogP contribution in [0.1, 0.15) is 39.5 Å². The lowest BCUT2D eigenvalue weighted by atomic mass is 10.1. The second kappa shape index (κ2) is 7.57. The number of rotatable bonds is 5. The zero-order chi connectivity index (χ0) is 17.0. The van der Waals surface area contributed by atoms with Gasteiger partial charge in [0, 0.05) is 15.8 Å². The quantitative estimate of drug-likeness (QED) is 0.632. The average molecular weight is 349 g/mol. The van der Waals surface area contributed by atoms with E-state index in [9.17, 15) is 9.59 Å². The van der Waals surface area contributed by atoms with Crippen molar-refractivity contribution in [2.24, 2.45) is 0 Å². The van der Waals surface area contributed by atoms with Crippen LogP contribution in [0.2, 0.25) is 0 Å². The van der Waals surface area contributed by atoms with Gasteiger partial charge in [0.2, 0.25) is 5.91 Å². The van der Waals surface area contributed by atoms with E-state index in [4.69, 9.17) is 4.74 Å². The van der Waals surface area contributed by atoms with Gasteiger partial charge in [-0.25, -0.2) is 4.79 Å². The van der Waals surface area contributed by atoms with Crippen LogP contribution >= 0.6 is 22.7 Å². The molecule has 1 amide bonds. The Balaban J connectivity index is 2.17. The summed E-state index contributed by atoms with van der Waals surface area (Å²) in [6, 6.07) is 3.85. The van der Waals surface area contributed by atoms with E-state index < -0.39 is 5.97 Å². The molecular formula is C17H19NO3S2. The molecule has 0 saturated carbocycles. The molecule has 1 N–H and O–H groups in total. The van der Waals surface area contributed by atoms with E-state index in [0.29, 0.717) is 10.6 Å². The Morgan fingerprint density at radius 3 is 2.65 bits per heavy atom. The van der Waals surface area contributed by atoms with Crippen molar-refractivity contribution in [2.75, 3.05) is 5.32 Å². The molecule has 2 aromatic rings. The molecule has 0 aromatic carbocycles. The molecule has 0 bridgehead atoms. The zero-order valence-corrected chi connectivity index (χ0v) is 15.1. The molecule has 0 fully saturated rings. The van der Waals surface area contributed by atoms with Gasteiger partial charge in [0.25, 0.3) is 0 Å². The molecule has 2 heterocycles. The van der Waals surface area contributed by atoms with E-state index in [-0.39, 0.29) is 12.0 Å². The SMILES string of the molecule is Cc1sc(NC(=O)/C=C\c2cccs2)c(C(=O)OC(C)C)c1C. The molecule has 2 aromatic heterocycles.